The van der Waals surface area contributed by atoms with E-state index in [0.29, 0.717) is 24.4 Å². The fourth-order valence-electron chi connectivity index (χ4n) is 1.89. The van der Waals surface area contributed by atoms with Crippen LogP contribution in [0, 0.1) is 0 Å². The second-order valence-electron chi connectivity index (χ2n) is 4.14. The smallest absolute Gasteiger partial charge is 0.220 e. The molecule has 1 aromatic rings. The van der Waals surface area contributed by atoms with E-state index in [1.54, 1.807) is 7.11 Å². The van der Waals surface area contributed by atoms with Crippen molar-refractivity contribution in [2.75, 3.05) is 24.7 Å². The van der Waals surface area contributed by atoms with Crippen molar-refractivity contribution in [3.63, 3.8) is 0 Å². The van der Waals surface area contributed by atoms with Gasteiger partial charge in [-0.1, -0.05) is 0 Å². The van der Waals surface area contributed by atoms with E-state index in [2.05, 4.69) is 10.6 Å². The molecule has 0 spiro atoms. The number of carbonyl (C=O) groups is 1. The number of amides is 1. The summed E-state index contributed by atoms with van der Waals surface area (Å²) >= 11 is 0. The van der Waals surface area contributed by atoms with Gasteiger partial charge in [0.25, 0.3) is 0 Å². The number of piperidine rings is 1. The van der Waals surface area contributed by atoms with Crippen molar-refractivity contribution < 1.29 is 9.53 Å². The topological polar surface area (TPSA) is 76.4 Å². The summed E-state index contributed by atoms with van der Waals surface area (Å²) in [5.41, 5.74) is 7.32. The number of carbonyl (C=O) groups excluding carboxylic acids is 1. The lowest BCUT2D eigenvalue weighted by Crippen LogP contribution is -2.41. The molecule has 1 aliphatic rings. The van der Waals surface area contributed by atoms with E-state index in [1.807, 2.05) is 18.2 Å². The van der Waals surface area contributed by atoms with Gasteiger partial charge in [0.05, 0.1) is 12.8 Å². The molecule has 1 amide bonds. The lowest BCUT2D eigenvalue weighted by Gasteiger charge is -2.24. The molecular formula is C12H17N3O2. The fourth-order valence-corrected chi connectivity index (χ4v) is 1.89. The molecule has 92 valence electrons. The van der Waals surface area contributed by atoms with Gasteiger partial charge in [-0.25, -0.2) is 0 Å². The molecule has 5 nitrogen and oxygen atoms in total. The standard InChI is InChI=1S/C12H17N3O2/c1-17-11-6-8(2-4-10(11)13)15-9-3-5-12(16)14-7-9/h2,4,6,9,15H,3,5,7,13H2,1H3,(H,14,16). The summed E-state index contributed by atoms with van der Waals surface area (Å²) in [5.74, 6) is 0.785. The van der Waals surface area contributed by atoms with Crippen molar-refractivity contribution in [2.24, 2.45) is 0 Å². The Morgan fingerprint density at radius 1 is 1.53 bits per heavy atom. The summed E-state index contributed by atoms with van der Waals surface area (Å²) in [6.45, 7) is 0.658. The van der Waals surface area contributed by atoms with Gasteiger partial charge in [-0.2, -0.15) is 0 Å². The first-order chi connectivity index (χ1) is 8.19. The summed E-state index contributed by atoms with van der Waals surface area (Å²) in [6, 6.07) is 5.85. The average Bonchev–Trinajstić information content (AvgIpc) is 2.34. The molecule has 0 radical (unpaired) electrons. The van der Waals surface area contributed by atoms with E-state index in [9.17, 15) is 4.79 Å². The largest absolute Gasteiger partial charge is 0.495 e. The predicted octanol–water partition coefficient (Wildman–Crippen LogP) is 0.968. The van der Waals surface area contributed by atoms with Crippen LogP contribution in [0.4, 0.5) is 11.4 Å². The Kier molecular flexibility index (Phi) is 3.37. The Morgan fingerprint density at radius 3 is 3.00 bits per heavy atom. The van der Waals surface area contributed by atoms with Gasteiger partial charge in [0.1, 0.15) is 5.75 Å². The monoisotopic (exact) mass is 235 g/mol. The van der Waals surface area contributed by atoms with E-state index in [1.165, 1.54) is 0 Å². The number of benzene rings is 1. The first-order valence-electron chi connectivity index (χ1n) is 5.66. The second kappa shape index (κ2) is 4.95. The molecule has 0 saturated carbocycles. The van der Waals surface area contributed by atoms with Crippen LogP contribution in [-0.4, -0.2) is 25.6 Å². The van der Waals surface area contributed by atoms with Crippen molar-refractivity contribution in [1.82, 2.24) is 5.32 Å². The normalized spacial score (nSPS) is 19.6. The van der Waals surface area contributed by atoms with Gasteiger partial charge in [0, 0.05) is 30.8 Å². The van der Waals surface area contributed by atoms with E-state index in [0.717, 1.165) is 12.1 Å². The molecule has 0 bridgehead atoms. The van der Waals surface area contributed by atoms with Crippen molar-refractivity contribution in [3.05, 3.63) is 18.2 Å². The van der Waals surface area contributed by atoms with Crippen LogP contribution in [0.25, 0.3) is 0 Å². The minimum Gasteiger partial charge on any atom is -0.495 e. The SMILES string of the molecule is COc1cc(NC2CCC(=O)NC2)ccc1N. The molecule has 4 N–H and O–H groups in total. The molecule has 1 fully saturated rings. The molecule has 2 rings (SSSR count). The first kappa shape index (κ1) is 11.6. The number of anilines is 2. The Labute approximate surface area is 100 Å². The minimum absolute atomic E-state index is 0.123. The third-order valence-corrected chi connectivity index (χ3v) is 2.87. The Bertz CT molecular complexity index is 410. The molecule has 5 heteroatoms. The highest BCUT2D eigenvalue weighted by Crippen LogP contribution is 2.25. The summed E-state index contributed by atoms with van der Waals surface area (Å²) < 4.78 is 5.16. The lowest BCUT2D eigenvalue weighted by atomic mass is 10.1. The Morgan fingerprint density at radius 2 is 2.35 bits per heavy atom. The van der Waals surface area contributed by atoms with Crippen molar-refractivity contribution >= 4 is 17.3 Å². The molecule has 1 unspecified atom stereocenters. The lowest BCUT2D eigenvalue weighted by molar-refractivity contribution is -0.122. The van der Waals surface area contributed by atoms with Gasteiger partial charge in [0.2, 0.25) is 5.91 Å². The summed E-state index contributed by atoms with van der Waals surface area (Å²) in [6.07, 6.45) is 1.42. The van der Waals surface area contributed by atoms with Gasteiger partial charge in [-0.3, -0.25) is 4.79 Å². The quantitative estimate of drug-likeness (QED) is 0.682. The number of rotatable bonds is 3. The minimum atomic E-state index is 0.123. The van der Waals surface area contributed by atoms with Gasteiger partial charge in [0.15, 0.2) is 0 Å². The Hall–Kier alpha value is -1.91. The molecular weight excluding hydrogens is 218 g/mol. The highest BCUT2D eigenvalue weighted by molar-refractivity contribution is 5.77. The predicted molar refractivity (Wildman–Crippen MR) is 67.1 cm³/mol. The van der Waals surface area contributed by atoms with Crippen LogP contribution in [0.5, 0.6) is 5.75 Å². The van der Waals surface area contributed by atoms with E-state index in [-0.39, 0.29) is 11.9 Å². The molecule has 17 heavy (non-hydrogen) atoms. The fraction of sp³-hybridized carbons (Fsp3) is 0.417. The van der Waals surface area contributed by atoms with E-state index < -0.39 is 0 Å². The molecule has 1 heterocycles. The van der Waals surface area contributed by atoms with Crippen LogP contribution in [0.2, 0.25) is 0 Å². The maximum Gasteiger partial charge on any atom is 0.220 e. The molecule has 1 saturated heterocycles. The first-order valence-corrected chi connectivity index (χ1v) is 5.66. The zero-order valence-corrected chi connectivity index (χ0v) is 9.82. The molecule has 0 aliphatic carbocycles. The van der Waals surface area contributed by atoms with Crippen LogP contribution in [-0.2, 0) is 4.79 Å². The second-order valence-corrected chi connectivity index (χ2v) is 4.14. The summed E-state index contributed by atoms with van der Waals surface area (Å²) in [7, 11) is 1.59. The van der Waals surface area contributed by atoms with Gasteiger partial charge < -0.3 is 21.1 Å². The number of ether oxygens (including phenoxy) is 1. The summed E-state index contributed by atoms with van der Waals surface area (Å²) in [5, 5.41) is 6.19. The highest BCUT2D eigenvalue weighted by atomic mass is 16.5. The van der Waals surface area contributed by atoms with E-state index in [4.69, 9.17) is 10.5 Å². The highest BCUT2D eigenvalue weighted by Gasteiger charge is 2.17. The number of hydrogen-bond acceptors (Lipinski definition) is 4. The number of nitrogen functional groups attached to an aromatic ring is 1. The third kappa shape index (κ3) is 2.81. The Balaban J connectivity index is 2.01. The number of hydrogen-bond donors (Lipinski definition) is 3. The van der Waals surface area contributed by atoms with Crippen LogP contribution >= 0.6 is 0 Å². The van der Waals surface area contributed by atoms with Crippen LogP contribution in [0.3, 0.4) is 0 Å². The molecule has 1 aliphatic heterocycles. The molecule has 1 atom stereocenters. The van der Waals surface area contributed by atoms with E-state index >= 15 is 0 Å². The maximum atomic E-state index is 11.0. The van der Waals surface area contributed by atoms with Gasteiger partial charge in [-0.15, -0.1) is 0 Å². The third-order valence-electron chi connectivity index (χ3n) is 2.87. The maximum absolute atomic E-state index is 11.0. The zero-order chi connectivity index (χ0) is 12.3. The molecule has 0 aromatic heterocycles. The van der Waals surface area contributed by atoms with Crippen molar-refractivity contribution in [3.8, 4) is 5.75 Å². The van der Waals surface area contributed by atoms with Gasteiger partial charge in [-0.05, 0) is 18.6 Å². The number of methoxy groups -OCH3 is 1. The molecule has 1 aromatic carbocycles. The van der Waals surface area contributed by atoms with Crippen molar-refractivity contribution in [2.45, 2.75) is 18.9 Å². The zero-order valence-electron chi connectivity index (χ0n) is 9.82. The summed E-state index contributed by atoms with van der Waals surface area (Å²) in [4.78, 5) is 11.0. The van der Waals surface area contributed by atoms with Crippen LogP contribution in [0.1, 0.15) is 12.8 Å². The average molecular weight is 235 g/mol. The van der Waals surface area contributed by atoms with Crippen molar-refractivity contribution in [1.29, 1.82) is 0 Å². The van der Waals surface area contributed by atoms with Crippen LogP contribution < -0.4 is 21.1 Å². The van der Waals surface area contributed by atoms with Crippen LogP contribution in [0.15, 0.2) is 18.2 Å². The number of nitrogens with two attached hydrogens (primary N) is 1. The number of nitrogens with one attached hydrogen (secondary N) is 2. The van der Waals surface area contributed by atoms with Gasteiger partial charge >= 0.3 is 0 Å².